The number of pyridine rings is 1. The second-order valence-electron chi connectivity index (χ2n) is 8.11. The van der Waals surface area contributed by atoms with Crippen LogP contribution < -0.4 is 10.1 Å². The Kier molecular flexibility index (Phi) is 6.44. The number of carbonyl (C=O) groups is 1. The molecule has 1 aromatic rings. The van der Waals surface area contributed by atoms with Crippen molar-refractivity contribution in [3.63, 3.8) is 0 Å². The molecule has 1 aromatic heterocycles. The average Bonchev–Trinajstić information content (AvgIpc) is 2.55. The van der Waals surface area contributed by atoms with Crippen molar-refractivity contribution in [3.8, 4) is 5.88 Å². The highest BCUT2D eigenvalue weighted by atomic mass is 16.5. The summed E-state index contributed by atoms with van der Waals surface area (Å²) in [6.07, 6.45) is 3.88. The molecule has 0 bridgehead atoms. The highest BCUT2D eigenvalue weighted by Crippen LogP contribution is 2.24. The zero-order chi connectivity index (χ0) is 18.6. The minimum Gasteiger partial charge on any atom is -0.476 e. The Morgan fingerprint density at radius 3 is 2.80 bits per heavy atom. The van der Waals surface area contributed by atoms with Crippen molar-refractivity contribution in [2.75, 3.05) is 26.7 Å². The first-order valence-corrected chi connectivity index (χ1v) is 9.28. The molecule has 5 nitrogen and oxygen atoms in total. The number of aryl methyl sites for hydroxylation is 2. The fraction of sp³-hybridized carbons (Fsp3) is 0.700. The number of hydrogen-bond donors (Lipinski definition) is 1. The van der Waals surface area contributed by atoms with Gasteiger partial charge >= 0.3 is 0 Å². The van der Waals surface area contributed by atoms with Gasteiger partial charge in [0.25, 0.3) is 0 Å². The van der Waals surface area contributed by atoms with Gasteiger partial charge in [0.15, 0.2) is 0 Å². The lowest BCUT2D eigenvalue weighted by atomic mass is 9.87. The highest BCUT2D eigenvalue weighted by Gasteiger charge is 2.34. The number of aromatic nitrogens is 1. The van der Waals surface area contributed by atoms with E-state index in [1.807, 2.05) is 33.8 Å². The van der Waals surface area contributed by atoms with Gasteiger partial charge in [0.1, 0.15) is 6.61 Å². The lowest BCUT2D eigenvalue weighted by Gasteiger charge is -2.38. The molecule has 1 aliphatic rings. The molecule has 140 valence electrons. The van der Waals surface area contributed by atoms with E-state index in [-0.39, 0.29) is 11.9 Å². The van der Waals surface area contributed by atoms with Gasteiger partial charge in [-0.2, -0.15) is 0 Å². The van der Waals surface area contributed by atoms with Gasteiger partial charge in [-0.1, -0.05) is 13.3 Å². The lowest BCUT2D eigenvalue weighted by molar-refractivity contribution is -0.132. The average molecular weight is 348 g/mol. The van der Waals surface area contributed by atoms with Crippen LogP contribution in [0.5, 0.6) is 5.88 Å². The zero-order valence-corrected chi connectivity index (χ0v) is 16.6. The molecule has 1 fully saturated rings. The Labute approximate surface area is 152 Å². The first-order chi connectivity index (χ1) is 11.7. The molecule has 0 aliphatic carbocycles. The van der Waals surface area contributed by atoms with Gasteiger partial charge in [-0.25, -0.2) is 4.98 Å². The second kappa shape index (κ2) is 8.17. The molecule has 0 aromatic carbocycles. The molecule has 2 heterocycles. The van der Waals surface area contributed by atoms with Crippen molar-refractivity contribution in [2.24, 2.45) is 11.3 Å². The first kappa shape index (κ1) is 19.7. The number of nitrogens with one attached hydrogen (secondary N) is 1. The molecule has 25 heavy (non-hydrogen) atoms. The van der Waals surface area contributed by atoms with Crippen LogP contribution in [0.3, 0.4) is 0 Å². The van der Waals surface area contributed by atoms with E-state index in [1.165, 1.54) is 0 Å². The summed E-state index contributed by atoms with van der Waals surface area (Å²) in [6.45, 7) is 12.4. The van der Waals surface area contributed by atoms with Gasteiger partial charge in [0, 0.05) is 24.3 Å². The van der Waals surface area contributed by atoms with Crippen LogP contribution in [-0.4, -0.2) is 48.6 Å². The summed E-state index contributed by atoms with van der Waals surface area (Å²) >= 11 is 0. The Morgan fingerprint density at radius 2 is 2.16 bits per heavy atom. The number of rotatable bonds is 6. The molecule has 0 saturated carbocycles. The number of nitrogens with zero attached hydrogens (tertiary/aromatic N) is 2. The van der Waals surface area contributed by atoms with Gasteiger partial charge in [0.05, 0.1) is 5.41 Å². The lowest BCUT2D eigenvalue weighted by Crippen LogP contribution is -2.53. The van der Waals surface area contributed by atoms with Gasteiger partial charge in [-0.15, -0.1) is 0 Å². The van der Waals surface area contributed by atoms with E-state index in [0.717, 1.165) is 37.1 Å². The summed E-state index contributed by atoms with van der Waals surface area (Å²) in [5.41, 5.74) is 1.51. The molecular weight excluding hydrogens is 314 g/mol. The third kappa shape index (κ3) is 5.18. The molecule has 2 rings (SSSR count). The van der Waals surface area contributed by atoms with Crippen molar-refractivity contribution >= 4 is 5.91 Å². The summed E-state index contributed by atoms with van der Waals surface area (Å²) in [7, 11) is 2.15. The standard InChI is InChI=1S/C20H33N3O2/c1-7-16-12-23(6)9-8-17(16)22-19(24)20(4,5)13-25-18-15(3)10-14(2)11-21-18/h10-11,16-17H,7-9,12-13H2,1-6H3,(H,22,24)/t16-,17-/m0/s1. The number of amides is 1. The molecule has 1 saturated heterocycles. The molecule has 1 N–H and O–H groups in total. The van der Waals surface area contributed by atoms with Crippen LogP contribution >= 0.6 is 0 Å². The summed E-state index contributed by atoms with van der Waals surface area (Å²) in [6, 6.07) is 2.30. The number of carbonyl (C=O) groups excluding carboxylic acids is 1. The van der Waals surface area contributed by atoms with Gasteiger partial charge in [-0.3, -0.25) is 4.79 Å². The van der Waals surface area contributed by atoms with Gasteiger partial charge in [0.2, 0.25) is 11.8 Å². The molecule has 1 amide bonds. The van der Waals surface area contributed by atoms with Crippen molar-refractivity contribution < 1.29 is 9.53 Å². The molecule has 0 unspecified atom stereocenters. The van der Waals surface area contributed by atoms with Crippen LogP contribution in [0.4, 0.5) is 0 Å². The minimum atomic E-state index is -0.597. The van der Waals surface area contributed by atoms with Gasteiger partial charge in [-0.05, 0) is 65.3 Å². The van der Waals surface area contributed by atoms with Crippen LogP contribution in [0.1, 0.15) is 44.7 Å². The Hall–Kier alpha value is -1.62. The van der Waals surface area contributed by atoms with Crippen molar-refractivity contribution in [3.05, 3.63) is 23.4 Å². The topological polar surface area (TPSA) is 54.5 Å². The second-order valence-corrected chi connectivity index (χ2v) is 8.11. The minimum absolute atomic E-state index is 0.0604. The number of likely N-dealkylation sites (tertiary alicyclic amines) is 1. The third-order valence-corrected chi connectivity index (χ3v) is 5.13. The maximum absolute atomic E-state index is 12.8. The van der Waals surface area contributed by atoms with Crippen LogP contribution in [0, 0.1) is 25.2 Å². The van der Waals surface area contributed by atoms with Crippen LogP contribution in [0.25, 0.3) is 0 Å². The van der Waals surface area contributed by atoms with Crippen LogP contribution in [-0.2, 0) is 4.79 Å². The summed E-state index contributed by atoms with van der Waals surface area (Å²) in [4.78, 5) is 19.5. The monoisotopic (exact) mass is 347 g/mol. The fourth-order valence-corrected chi connectivity index (χ4v) is 3.35. The van der Waals surface area contributed by atoms with E-state index in [1.54, 1.807) is 6.20 Å². The van der Waals surface area contributed by atoms with E-state index in [0.29, 0.717) is 18.4 Å². The fourth-order valence-electron chi connectivity index (χ4n) is 3.35. The largest absolute Gasteiger partial charge is 0.476 e. The van der Waals surface area contributed by atoms with E-state index in [2.05, 4.69) is 29.2 Å². The third-order valence-electron chi connectivity index (χ3n) is 5.13. The van der Waals surface area contributed by atoms with Gasteiger partial charge < -0.3 is 15.0 Å². The normalized spacial score (nSPS) is 21.8. The molecule has 2 atom stereocenters. The Bertz CT molecular complexity index is 601. The predicted octanol–water partition coefficient (Wildman–Crippen LogP) is 2.95. The van der Waals surface area contributed by atoms with E-state index in [4.69, 9.17) is 4.74 Å². The predicted molar refractivity (Wildman–Crippen MR) is 101 cm³/mol. The summed E-state index contributed by atoms with van der Waals surface area (Å²) in [5, 5.41) is 3.27. The summed E-state index contributed by atoms with van der Waals surface area (Å²) in [5.74, 6) is 1.18. The molecule has 5 heteroatoms. The van der Waals surface area contributed by atoms with E-state index < -0.39 is 5.41 Å². The van der Waals surface area contributed by atoms with Crippen molar-refractivity contribution in [1.29, 1.82) is 0 Å². The number of ether oxygens (including phenoxy) is 1. The SMILES string of the molecule is CC[C@H]1CN(C)CC[C@@H]1NC(=O)C(C)(C)COc1ncc(C)cc1C. The maximum Gasteiger partial charge on any atom is 0.229 e. The Balaban J connectivity index is 1.94. The Morgan fingerprint density at radius 1 is 1.44 bits per heavy atom. The number of piperidine rings is 1. The molecule has 0 radical (unpaired) electrons. The van der Waals surface area contributed by atoms with E-state index in [9.17, 15) is 4.79 Å². The molecule has 1 aliphatic heterocycles. The van der Waals surface area contributed by atoms with Crippen LogP contribution in [0.2, 0.25) is 0 Å². The summed E-state index contributed by atoms with van der Waals surface area (Å²) < 4.78 is 5.86. The first-order valence-electron chi connectivity index (χ1n) is 9.28. The zero-order valence-electron chi connectivity index (χ0n) is 16.6. The number of hydrogen-bond acceptors (Lipinski definition) is 4. The molecule has 0 spiro atoms. The van der Waals surface area contributed by atoms with E-state index >= 15 is 0 Å². The molecular formula is C20H33N3O2. The van der Waals surface area contributed by atoms with Crippen molar-refractivity contribution in [1.82, 2.24) is 15.2 Å². The van der Waals surface area contributed by atoms with Crippen LogP contribution in [0.15, 0.2) is 12.3 Å². The maximum atomic E-state index is 12.8. The smallest absolute Gasteiger partial charge is 0.229 e. The van der Waals surface area contributed by atoms with Crippen molar-refractivity contribution in [2.45, 2.75) is 53.5 Å². The highest BCUT2D eigenvalue weighted by molar-refractivity contribution is 5.82. The quantitative estimate of drug-likeness (QED) is 0.860.